The van der Waals surface area contributed by atoms with E-state index >= 15 is 0 Å². The quantitative estimate of drug-likeness (QED) is 0.303. The summed E-state index contributed by atoms with van der Waals surface area (Å²) in [6.07, 6.45) is 0. The zero-order valence-corrected chi connectivity index (χ0v) is 19.1. The van der Waals surface area contributed by atoms with Crippen molar-refractivity contribution in [3.63, 3.8) is 0 Å². The summed E-state index contributed by atoms with van der Waals surface area (Å²) in [5.41, 5.74) is 6.28. The Bertz CT molecular complexity index is 1280. The van der Waals surface area contributed by atoms with Crippen molar-refractivity contribution < 1.29 is 20.1 Å². The number of aromatic hydroxyl groups is 3. The number of anilines is 3. The molecule has 168 valence electrons. The van der Waals surface area contributed by atoms with Gasteiger partial charge in [0.05, 0.1) is 0 Å². The van der Waals surface area contributed by atoms with Crippen LogP contribution in [0.4, 0.5) is 17.1 Å². The molecule has 4 aromatic rings. The van der Waals surface area contributed by atoms with Crippen LogP contribution in [-0.2, 0) is 0 Å². The van der Waals surface area contributed by atoms with Gasteiger partial charge < -0.3 is 25.0 Å². The van der Waals surface area contributed by atoms with E-state index in [1.807, 2.05) is 70.2 Å². The van der Waals surface area contributed by atoms with E-state index in [9.17, 15) is 15.3 Å². The molecule has 0 aliphatic carbocycles. The van der Waals surface area contributed by atoms with Gasteiger partial charge in [-0.05, 0) is 105 Å². The minimum absolute atomic E-state index is 0.0871. The van der Waals surface area contributed by atoms with Crippen LogP contribution in [0, 0.1) is 27.7 Å². The van der Waals surface area contributed by atoms with Crippen molar-refractivity contribution in [3.05, 3.63) is 95.1 Å². The molecule has 0 aliphatic rings. The Labute approximate surface area is 193 Å². The predicted octanol–water partition coefficient (Wildman–Crippen LogP) is 7.30. The van der Waals surface area contributed by atoms with Crippen LogP contribution in [0.5, 0.6) is 28.7 Å². The Kier molecular flexibility index (Phi) is 5.88. The van der Waals surface area contributed by atoms with Crippen molar-refractivity contribution in [1.29, 1.82) is 0 Å². The van der Waals surface area contributed by atoms with E-state index in [2.05, 4.69) is 4.90 Å². The SMILES string of the molecule is Cc1cc(O)ccc1N(c1cccc(Oc2c(O)ccc(C)c2C)c1)c1ccc(O)cc1C. The first-order chi connectivity index (χ1) is 15.7. The van der Waals surface area contributed by atoms with Gasteiger partial charge in [0.25, 0.3) is 0 Å². The van der Waals surface area contributed by atoms with Gasteiger partial charge in [-0.2, -0.15) is 0 Å². The molecule has 0 saturated heterocycles. The normalized spacial score (nSPS) is 10.8. The lowest BCUT2D eigenvalue weighted by atomic mass is 10.1. The number of rotatable bonds is 5. The van der Waals surface area contributed by atoms with Gasteiger partial charge >= 0.3 is 0 Å². The van der Waals surface area contributed by atoms with Crippen molar-refractivity contribution in [2.45, 2.75) is 27.7 Å². The smallest absolute Gasteiger partial charge is 0.172 e. The monoisotopic (exact) mass is 441 g/mol. The third kappa shape index (κ3) is 4.44. The molecule has 3 N–H and O–H groups in total. The predicted molar refractivity (Wildman–Crippen MR) is 132 cm³/mol. The summed E-state index contributed by atoms with van der Waals surface area (Å²) in [5.74, 6) is 1.49. The summed E-state index contributed by atoms with van der Waals surface area (Å²) in [4.78, 5) is 2.05. The average Bonchev–Trinajstić information content (AvgIpc) is 2.77. The fourth-order valence-corrected chi connectivity index (χ4v) is 3.90. The van der Waals surface area contributed by atoms with Crippen LogP contribution < -0.4 is 9.64 Å². The lowest BCUT2D eigenvalue weighted by Gasteiger charge is -2.29. The summed E-state index contributed by atoms with van der Waals surface area (Å²) < 4.78 is 6.13. The lowest BCUT2D eigenvalue weighted by molar-refractivity contribution is 0.408. The van der Waals surface area contributed by atoms with Crippen LogP contribution in [0.3, 0.4) is 0 Å². The Balaban J connectivity index is 1.84. The highest BCUT2D eigenvalue weighted by Crippen LogP contribution is 2.42. The van der Waals surface area contributed by atoms with E-state index in [0.29, 0.717) is 11.5 Å². The molecule has 0 saturated carbocycles. The molecule has 0 unspecified atom stereocenters. The number of hydrogen-bond acceptors (Lipinski definition) is 5. The van der Waals surface area contributed by atoms with Gasteiger partial charge in [-0.1, -0.05) is 12.1 Å². The molecule has 4 rings (SSSR count). The maximum absolute atomic E-state index is 10.4. The van der Waals surface area contributed by atoms with E-state index < -0.39 is 0 Å². The Hall–Kier alpha value is -4.12. The van der Waals surface area contributed by atoms with Gasteiger partial charge in [0.2, 0.25) is 0 Å². The molecule has 0 fully saturated rings. The highest BCUT2D eigenvalue weighted by Gasteiger charge is 2.18. The highest BCUT2D eigenvalue weighted by atomic mass is 16.5. The summed E-state index contributed by atoms with van der Waals surface area (Å²) >= 11 is 0. The lowest BCUT2D eigenvalue weighted by Crippen LogP contribution is -2.12. The average molecular weight is 442 g/mol. The maximum atomic E-state index is 10.4. The second-order valence-electron chi connectivity index (χ2n) is 8.23. The number of phenolic OH excluding ortho intramolecular Hbond substituents is 3. The molecule has 4 aromatic carbocycles. The Morgan fingerprint density at radius 2 is 1.24 bits per heavy atom. The van der Waals surface area contributed by atoms with Gasteiger partial charge in [0, 0.05) is 23.1 Å². The molecule has 0 heterocycles. The van der Waals surface area contributed by atoms with Crippen molar-refractivity contribution in [2.75, 3.05) is 4.90 Å². The van der Waals surface area contributed by atoms with Gasteiger partial charge in [-0.3, -0.25) is 0 Å². The first-order valence-electron chi connectivity index (χ1n) is 10.7. The van der Waals surface area contributed by atoms with Crippen LogP contribution in [0.2, 0.25) is 0 Å². The molecule has 0 aromatic heterocycles. The number of benzene rings is 4. The van der Waals surface area contributed by atoms with Crippen molar-refractivity contribution in [1.82, 2.24) is 0 Å². The van der Waals surface area contributed by atoms with E-state index in [1.54, 1.807) is 30.3 Å². The number of ether oxygens (including phenoxy) is 1. The molecule has 0 atom stereocenters. The standard InChI is InChI=1S/C28H27NO4/c1-17-8-13-27(32)28(20(17)4)33-24-7-5-6-21(16-24)29(25-11-9-22(30)14-18(25)2)26-12-10-23(31)15-19(26)3/h5-16,30-32H,1-4H3. The molecule has 5 nitrogen and oxygen atoms in total. The van der Waals surface area contributed by atoms with E-state index in [-0.39, 0.29) is 17.2 Å². The molecule has 0 amide bonds. The van der Waals surface area contributed by atoms with E-state index in [0.717, 1.165) is 39.3 Å². The Morgan fingerprint density at radius 1 is 0.636 bits per heavy atom. The molecule has 0 spiro atoms. The van der Waals surface area contributed by atoms with Crippen molar-refractivity contribution in [3.8, 4) is 28.7 Å². The van der Waals surface area contributed by atoms with Crippen molar-refractivity contribution >= 4 is 17.1 Å². The van der Waals surface area contributed by atoms with Crippen LogP contribution in [0.1, 0.15) is 22.3 Å². The number of aryl methyl sites for hydroxylation is 3. The van der Waals surface area contributed by atoms with E-state index in [4.69, 9.17) is 4.74 Å². The Morgan fingerprint density at radius 3 is 1.82 bits per heavy atom. The van der Waals surface area contributed by atoms with Crippen LogP contribution in [0.15, 0.2) is 72.8 Å². The minimum Gasteiger partial charge on any atom is -0.508 e. The third-order valence-corrected chi connectivity index (χ3v) is 5.79. The molecule has 0 aliphatic heterocycles. The highest BCUT2D eigenvalue weighted by molar-refractivity contribution is 5.81. The molecule has 0 radical (unpaired) electrons. The van der Waals surface area contributed by atoms with Gasteiger partial charge in [-0.25, -0.2) is 0 Å². The van der Waals surface area contributed by atoms with Crippen molar-refractivity contribution in [2.24, 2.45) is 0 Å². The molecule has 0 bridgehead atoms. The fraction of sp³-hybridized carbons (Fsp3) is 0.143. The summed E-state index contributed by atoms with van der Waals surface area (Å²) in [6, 6.07) is 21.6. The number of hydrogen-bond donors (Lipinski definition) is 3. The maximum Gasteiger partial charge on any atom is 0.172 e. The van der Waals surface area contributed by atoms with Gasteiger partial charge in [0.1, 0.15) is 17.2 Å². The minimum atomic E-state index is 0.0871. The molecule has 33 heavy (non-hydrogen) atoms. The summed E-state index contributed by atoms with van der Waals surface area (Å²) in [5, 5.41) is 30.2. The zero-order valence-electron chi connectivity index (χ0n) is 19.1. The molecular formula is C28H27NO4. The van der Waals surface area contributed by atoms with E-state index in [1.165, 1.54) is 0 Å². The number of phenols is 3. The van der Waals surface area contributed by atoms with Gasteiger partial charge in [-0.15, -0.1) is 0 Å². The first-order valence-corrected chi connectivity index (χ1v) is 10.7. The number of nitrogens with zero attached hydrogens (tertiary/aromatic N) is 1. The topological polar surface area (TPSA) is 73.2 Å². The third-order valence-electron chi connectivity index (χ3n) is 5.79. The largest absolute Gasteiger partial charge is 0.508 e. The summed E-state index contributed by atoms with van der Waals surface area (Å²) in [7, 11) is 0. The van der Waals surface area contributed by atoms with Crippen LogP contribution >= 0.6 is 0 Å². The second kappa shape index (κ2) is 8.79. The second-order valence-corrected chi connectivity index (χ2v) is 8.23. The first kappa shape index (κ1) is 22.1. The summed E-state index contributed by atoms with van der Waals surface area (Å²) in [6.45, 7) is 7.76. The van der Waals surface area contributed by atoms with Gasteiger partial charge in [0.15, 0.2) is 11.5 Å². The molecule has 5 heteroatoms. The molecular weight excluding hydrogens is 414 g/mol. The zero-order chi connectivity index (χ0) is 23.7. The fourth-order valence-electron chi connectivity index (χ4n) is 3.90. The van der Waals surface area contributed by atoms with Crippen LogP contribution in [-0.4, -0.2) is 15.3 Å². The van der Waals surface area contributed by atoms with Crippen LogP contribution in [0.25, 0.3) is 0 Å².